The van der Waals surface area contributed by atoms with Crippen molar-refractivity contribution >= 4 is 35.6 Å². The number of rotatable bonds is 6. The molecule has 0 aliphatic carbocycles. The SMILES string of the molecule is CN=C(NCCc1ccccc1F)NCc1ccc(N(C)C)cc1C.I. The first-order valence-corrected chi connectivity index (χ1v) is 8.46. The summed E-state index contributed by atoms with van der Waals surface area (Å²) in [7, 11) is 5.81. The third kappa shape index (κ3) is 6.48. The number of nitrogens with zero attached hydrogens (tertiary/aromatic N) is 2. The van der Waals surface area contributed by atoms with Crippen LogP contribution < -0.4 is 15.5 Å². The molecule has 4 nitrogen and oxygen atoms in total. The Morgan fingerprint density at radius 2 is 1.81 bits per heavy atom. The molecule has 2 aromatic carbocycles. The topological polar surface area (TPSA) is 39.7 Å². The van der Waals surface area contributed by atoms with Gasteiger partial charge in [0.05, 0.1) is 0 Å². The van der Waals surface area contributed by atoms with Crippen molar-refractivity contribution in [1.82, 2.24) is 10.6 Å². The molecule has 0 aromatic heterocycles. The Hall–Kier alpha value is -1.83. The summed E-state index contributed by atoms with van der Waals surface area (Å²) in [5, 5.41) is 6.54. The van der Waals surface area contributed by atoms with E-state index in [4.69, 9.17) is 0 Å². The van der Waals surface area contributed by atoms with Crippen molar-refractivity contribution in [2.24, 2.45) is 4.99 Å². The number of guanidine groups is 1. The van der Waals surface area contributed by atoms with Gasteiger partial charge in [-0.3, -0.25) is 4.99 Å². The van der Waals surface area contributed by atoms with Crippen LogP contribution >= 0.6 is 24.0 Å². The minimum Gasteiger partial charge on any atom is -0.378 e. The van der Waals surface area contributed by atoms with Crippen LogP contribution in [0.1, 0.15) is 16.7 Å². The van der Waals surface area contributed by atoms with Crippen molar-refractivity contribution < 1.29 is 4.39 Å². The van der Waals surface area contributed by atoms with Gasteiger partial charge in [0.25, 0.3) is 0 Å². The Kier molecular flexibility index (Phi) is 9.40. The quantitative estimate of drug-likeness (QED) is 0.384. The molecule has 0 saturated heterocycles. The Bertz CT molecular complexity index is 732. The molecule has 0 amide bonds. The van der Waals surface area contributed by atoms with Gasteiger partial charge in [-0.1, -0.05) is 24.3 Å². The van der Waals surface area contributed by atoms with Crippen molar-refractivity contribution in [3.63, 3.8) is 0 Å². The highest BCUT2D eigenvalue weighted by Crippen LogP contribution is 2.17. The van der Waals surface area contributed by atoms with Crippen LogP contribution in [0.3, 0.4) is 0 Å². The zero-order chi connectivity index (χ0) is 18.2. The molecule has 0 unspecified atom stereocenters. The lowest BCUT2D eigenvalue weighted by Crippen LogP contribution is -2.38. The second-order valence-electron chi connectivity index (χ2n) is 6.20. The van der Waals surface area contributed by atoms with E-state index in [9.17, 15) is 4.39 Å². The highest BCUT2D eigenvalue weighted by atomic mass is 127. The Morgan fingerprint density at radius 1 is 1.08 bits per heavy atom. The molecule has 0 radical (unpaired) electrons. The first kappa shape index (κ1) is 22.2. The van der Waals surface area contributed by atoms with E-state index in [2.05, 4.69) is 45.6 Å². The minimum atomic E-state index is -0.163. The molecule has 2 rings (SSSR count). The van der Waals surface area contributed by atoms with Crippen LogP contribution in [-0.4, -0.2) is 33.6 Å². The van der Waals surface area contributed by atoms with Crippen molar-refractivity contribution in [2.75, 3.05) is 32.6 Å². The fraction of sp³-hybridized carbons (Fsp3) is 0.350. The van der Waals surface area contributed by atoms with Crippen LogP contribution in [0.25, 0.3) is 0 Å². The number of anilines is 1. The lowest BCUT2D eigenvalue weighted by atomic mass is 10.1. The van der Waals surface area contributed by atoms with Crippen molar-refractivity contribution in [1.29, 1.82) is 0 Å². The van der Waals surface area contributed by atoms with Crippen LogP contribution in [0.2, 0.25) is 0 Å². The molecule has 142 valence electrons. The molecule has 0 aliphatic heterocycles. The fourth-order valence-corrected chi connectivity index (χ4v) is 2.57. The zero-order valence-corrected chi connectivity index (χ0v) is 18.2. The average molecular weight is 470 g/mol. The third-order valence-electron chi connectivity index (χ3n) is 4.16. The number of nitrogens with one attached hydrogen (secondary N) is 2. The van der Waals surface area contributed by atoms with Gasteiger partial charge >= 0.3 is 0 Å². The maximum Gasteiger partial charge on any atom is 0.191 e. The summed E-state index contributed by atoms with van der Waals surface area (Å²) in [4.78, 5) is 6.32. The molecular weight excluding hydrogens is 442 g/mol. The molecule has 0 fully saturated rings. The lowest BCUT2D eigenvalue weighted by Gasteiger charge is -2.16. The predicted molar refractivity (Wildman–Crippen MR) is 119 cm³/mol. The van der Waals surface area contributed by atoms with Gasteiger partial charge in [0, 0.05) is 39.9 Å². The van der Waals surface area contributed by atoms with E-state index in [1.54, 1.807) is 13.1 Å². The molecule has 0 aliphatic rings. The summed E-state index contributed by atoms with van der Waals surface area (Å²) >= 11 is 0. The first-order valence-electron chi connectivity index (χ1n) is 8.46. The largest absolute Gasteiger partial charge is 0.378 e. The van der Waals surface area contributed by atoms with E-state index in [0.29, 0.717) is 31.0 Å². The van der Waals surface area contributed by atoms with Crippen LogP contribution in [0, 0.1) is 12.7 Å². The average Bonchev–Trinajstić information content (AvgIpc) is 2.60. The number of hydrogen-bond acceptors (Lipinski definition) is 2. The summed E-state index contributed by atoms with van der Waals surface area (Å²) < 4.78 is 13.6. The Labute approximate surface area is 172 Å². The van der Waals surface area contributed by atoms with Crippen molar-refractivity contribution in [2.45, 2.75) is 19.9 Å². The van der Waals surface area contributed by atoms with Gasteiger partial charge < -0.3 is 15.5 Å². The monoisotopic (exact) mass is 470 g/mol. The van der Waals surface area contributed by atoms with Gasteiger partial charge in [-0.15, -0.1) is 24.0 Å². The van der Waals surface area contributed by atoms with E-state index < -0.39 is 0 Å². The molecule has 26 heavy (non-hydrogen) atoms. The highest BCUT2D eigenvalue weighted by molar-refractivity contribution is 14.0. The molecule has 0 spiro atoms. The van der Waals surface area contributed by atoms with Crippen LogP contribution in [0.5, 0.6) is 0 Å². The fourth-order valence-electron chi connectivity index (χ4n) is 2.57. The van der Waals surface area contributed by atoms with E-state index in [-0.39, 0.29) is 29.8 Å². The first-order chi connectivity index (χ1) is 12.0. The van der Waals surface area contributed by atoms with Crippen LogP contribution in [0.15, 0.2) is 47.5 Å². The highest BCUT2D eigenvalue weighted by Gasteiger charge is 2.04. The predicted octanol–water partition coefficient (Wildman–Crippen LogP) is 3.73. The summed E-state index contributed by atoms with van der Waals surface area (Å²) in [5.74, 6) is 0.552. The van der Waals surface area contributed by atoms with E-state index in [1.807, 2.05) is 26.2 Å². The number of aryl methyl sites for hydroxylation is 1. The smallest absolute Gasteiger partial charge is 0.191 e. The summed E-state index contributed by atoms with van der Waals surface area (Å²) in [6.07, 6.45) is 0.615. The summed E-state index contributed by atoms with van der Waals surface area (Å²) in [6.45, 7) is 3.43. The summed E-state index contributed by atoms with van der Waals surface area (Å²) in [6, 6.07) is 13.3. The van der Waals surface area contributed by atoms with Crippen molar-refractivity contribution in [3.05, 3.63) is 65.0 Å². The molecule has 0 bridgehead atoms. The summed E-state index contributed by atoms with van der Waals surface area (Å²) in [5.41, 5.74) is 4.36. The van der Waals surface area contributed by atoms with Gasteiger partial charge in [0.15, 0.2) is 5.96 Å². The maximum atomic E-state index is 13.6. The van der Waals surface area contributed by atoms with Crippen LogP contribution in [0.4, 0.5) is 10.1 Å². The van der Waals surface area contributed by atoms with Crippen LogP contribution in [-0.2, 0) is 13.0 Å². The molecule has 0 atom stereocenters. The molecule has 2 aromatic rings. The van der Waals surface area contributed by atoms with E-state index in [0.717, 1.165) is 0 Å². The third-order valence-corrected chi connectivity index (χ3v) is 4.16. The van der Waals surface area contributed by atoms with Gasteiger partial charge in [-0.25, -0.2) is 4.39 Å². The second-order valence-corrected chi connectivity index (χ2v) is 6.20. The lowest BCUT2D eigenvalue weighted by molar-refractivity contribution is 0.606. The molecular formula is C20H28FIN4. The number of hydrogen-bond donors (Lipinski definition) is 2. The molecule has 0 heterocycles. The molecule has 0 saturated carbocycles. The van der Waals surface area contributed by atoms with Gasteiger partial charge in [-0.05, 0) is 48.2 Å². The Morgan fingerprint density at radius 3 is 2.42 bits per heavy atom. The minimum absolute atomic E-state index is 0. The van der Waals surface area contributed by atoms with Gasteiger partial charge in [0.2, 0.25) is 0 Å². The van der Waals surface area contributed by atoms with Crippen molar-refractivity contribution in [3.8, 4) is 0 Å². The second kappa shape index (κ2) is 11.0. The number of aliphatic imine (C=N–C) groups is 1. The van der Waals surface area contributed by atoms with E-state index in [1.165, 1.54) is 22.9 Å². The maximum absolute atomic E-state index is 13.6. The number of benzene rings is 2. The Balaban J connectivity index is 0.00000338. The normalized spacial score (nSPS) is 10.9. The standard InChI is InChI=1S/C20H27FN4.HI/c1-15-13-18(25(3)4)10-9-17(15)14-24-20(22-2)23-12-11-16-7-5-6-8-19(16)21;/h5-10,13H,11-12,14H2,1-4H3,(H2,22,23,24);1H. The molecule has 2 N–H and O–H groups in total. The number of halogens is 2. The van der Waals surface area contributed by atoms with Gasteiger partial charge in [-0.2, -0.15) is 0 Å². The zero-order valence-electron chi connectivity index (χ0n) is 15.8. The molecule has 6 heteroatoms. The van der Waals surface area contributed by atoms with Gasteiger partial charge in [0.1, 0.15) is 5.82 Å². The van der Waals surface area contributed by atoms with E-state index >= 15 is 0 Å².